The van der Waals surface area contributed by atoms with E-state index in [4.69, 9.17) is 4.42 Å². The summed E-state index contributed by atoms with van der Waals surface area (Å²) in [5, 5.41) is 4.74. The molecule has 3 nitrogen and oxygen atoms in total. The molecule has 0 saturated carbocycles. The molecule has 3 rings (SSSR count). The molecule has 3 aromatic rings. The molecule has 0 spiro atoms. The second-order valence-electron chi connectivity index (χ2n) is 5.56. The average molecular weight is 280 g/mol. The van der Waals surface area contributed by atoms with Crippen molar-refractivity contribution < 1.29 is 4.42 Å². The van der Waals surface area contributed by atoms with Gasteiger partial charge in [-0.3, -0.25) is 4.98 Å². The minimum Gasteiger partial charge on any atom is -0.466 e. The van der Waals surface area contributed by atoms with E-state index in [0.717, 1.165) is 33.8 Å². The average Bonchev–Trinajstić information content (AvgIpc) is 2.77. The maximum absolute atomic E-state index is 5.63. The summed E-state index contributed by atoms with van der Waals surface area (Å²) in [5.74, 6) is 1.93. The summed E-state index contributed by atoms with van der Waals surface area (Å²) >= 11 is 0. The van der Waals surface area contributed by atoms with Crippen molar-refractivity contribution in [1.82, 2.24) is 4.98 Å². The largest absolute Gasteiger partial charge is 0.466 e. The summed E-state index contributed by atoms with van der Waals surface area (Å²) in [6.45, 7) is 8.17. The standard InChI is InChI=1S/C18H20N2O/c1-11-9-18(15-7-5-6-8-17(15)19-11)20-13(3)16-10-12(2)21-14(16)4/h5-10,13H,1-4H3,(H,19,20). The highest BCUT2D eigenvalue weighted by molar-refractivity contribution is 5.91. The summed E-state index contributed by atoms with van der Waals surface area (Å²) in [4.78, 5) is 4.58. The number of hydrogen-bond donors (Lipinski definition) is 1. The fourth-order valence-electron chi connectivity index (χ4n) is 2.82. The number of pyridine rings is 1. The highest BCUT2D eigenvalue weighted by Gasteiger charge is 2.14. The van der Waals surface area contributed by atoms with Gasteiger partial charge < -0.3 is 9.73 Å². The lowest BCUT2D eigenvalue weighted by atomic mass is 10.1. The number of rotatable bonds is 3. The predicted octanol–water partition coefficient (Wildman–Crippen LogP) is 4.93. The first-order chi connectivity index (χ1) is 10.0. The molecule has 0 aliphatic carbocycles. The van der Waals surface area contributed by atoms with Gasteiger partial charge in [-0.05, 0) is 45.9 Å². The Morgan fingerprint density at radius 2 is 1.86 bits per heavy atom. The van der Waals surface area contributed by atoms with E-state index in [0.29, 0.717) is 0 Å². The van der Waals surface area contributed by atoms with E-state index in [2.05, 4.69) is 35.4 Å². The molecule has 1 N–H and O–H groups in total. The van der Waals surface area contributed by atoms with Crippen LogP contribution in [0.5, 0.6) is 0 Å². The van der Waals surface area contributed by atoms with Crippen LogP contribution in [0.2, 0.25) is 0 Å². The van der Waals surface area contributed by atoms with Gasteiger partial charge in [-0.2, -0.15) is 0 Å². The number of aryl methyl sites for hydroxylation is 3. The highest BCUT2D eigenvalue weighted by Crippen LogP contribution is 2.29. The van der Waals surface area contributed by atoms with Crippen molar-refractivity contribution in [1.29, 1.82) is 0 Å². The third-order valence-electron chi connectivity index (χ3n) is 3.76. The third-order valence-corrected chi connectivity index (χ3v) is 3.76. The van der Waals surface area contributed by atoms with Crippen molar-refractivity contribution in [2.75, 3.05) is 5.32 Å². The molecule has 0 aliphatic heterocycles. The molecule has 2 aromatic heterocycles. The Kier molecular flexibility index (Phi) is 3.42. The van der Waals surface area contributed by atoms with Gasteiger partial charge in [-0.25, -0.2) is 0 Å². The van der Waals surface area contributed by atoms with Gasteiger partial charge in [0, 0.05) is 22.3 Å². The Morgan fingerprint density at radius 1 is 1.10 bits per heavy atom. The summed E-state index contributed by atoms with van der Waals surface area (Å²) < 4.78 is 5.63. The number of benzene rings is 1. The van der Waals surface area contributed by atoms with Crippen molar-refractivity contribution in [3.8, 4) is 0 Å². The van der Waals surface area contributed by atoms with Crippen molar-refractivity contribution in [2.45, 2.75) is 33.7 Å². The molecule has 0 fully saturated rings. The Bertz CT molecular complexity index is 789. The number of hydrogen-bond acceptors (Lipinski definition) is 3. The lowest BCUT2D eigenvalue weighted by Gasteiger charge is -2.17. The second-order valence-corrected chi connectivity index (χ2v) is 5.56. The lowest BCUT2D eigenvalue weighted by Crippen LogP contribution is -2.07. The molecule has 1 unspecified atom stereocenters. The van der Waals surface area contributed by atoms with Gasteiger partial charge in [0.25, 0.3) is 0 Å². The Labute approximate surface area is 125 Å². The first-order valence-corrected chi connectivity index (χ1v) is 7.24. The monoisotopic (exact) mass is 280 g/mol. The smallest absolute Gasteiger partial charge is 0.106 e. The summed E-state index contributed by atoms with van der Waals surface area (Å²) in [7, 11) is 0. The van der Waals surface area contributed by atoms with Gasteiger partial charge in [0.05, 0.1) is 11.6 Å². The van der Waals surface area contributed by atoms with E-state index < -0.39 is 0 Å². The van der Waals surface area contributed by atoms with Crippen LogP contribution in [0.4, 0.5) is 5.69 Å². The predicted molar refractivity (Wildman–Crippen MR) is 86.7 cm³/mol. The van der Waals surface area contributed by atoms with Crippen molar-refractivity contribution in [3.63, 3.8) is 0 Å². The third kappa shape index (κ3) is 2.64. The molecule has 0 bridgehead atoms. The first-order valence-electron chi connectivity index (χ1n) is 7.24. The molecule has 1 aromatic carbocycles. The SMILES string of the molecule is Cc1cc(NC(C)c2cc(C)oc2C)c2ccccc2n1. The summed E-state index contributed by atoms with van der Waals surface area (Å²) in [6, 6.07) is 12.6. The van der Waals surface area contributed by atoms with Crippen molar-refractivity contribution >= 4 is 16.6 Å². The fraction of sp³-hybridized carbons (Fsp3) is 0.278. The maximum Gasteiger partial charge on any atom is 0.106 e. The van der Waals surface area contributed by atoms with E-state index in [9.17, 15) is 0 Å². The molecule has 21 heavy (non-hydrogen) atoms. The van der Waals surface area contributed by atoms with Gasteiger partial charge in [0.15, 0.2) is 0 Å². The number of anilines is 1. The molecular formula is C18H20N2O. The number of nitrogens with zero attached hydrogens (tertiary/aromatic N) is 1. The first kappa shape index (κ1) is 13.7. The number of fused-ring (bicyclic) bond motifs is 1. The second kappa shape index (κ2) is 5.24. The normalized spacial score (nSPS) is 12.6. The summed E-state index contributed by atoms with van der Waals surface area (Å²) in [5.41, 5.74) is 4.35. The Hall–Kier alpha value is -2.29. The minimum atomic E-state index is 0.188. The van der Waals surface area contributed by atoms with E-state index in [1.165, 1.54) is 5.56 Å². The highest BCUT2D eigenvalue weighted by atomic mass is 16.3. The Morgan fingerprint density at radius 3 is 2.57 bits per heavy atom. The summed E-state index contributed by atoms with van der Waals surface area (Å²) in [6.07, 6.45) is 0. The van der Waals surface area contributed by atoms with E-state index in [1.807, 2.05) is 39.0 Å². The van der Waals surface area contributed by atoms with E-state index >= 15 is 0 Å². The van der Waals surface area contributed by atoms with Crippen LogP contribution in [0.1, 0.15) is 35.7 Å². The molecule has 0 amide bonds. The van der Waals surface area contributed by atoms with Crippen LogP contribution in [0, 0.1) is 20.8 Å². The van der Waals surface area contributed by atoms with Gasteiger partial charge in [0.2, 0.25) is 0 Å². The molecule has 0 radical (unpaired) electrons. The number of furan rings is 1. The zero-order valence-corrected chi connectivity index (χ0v) is 12.9. The minimum absolute atomic E-state index is 0.188. The van der Waals surface area contributed by atoms with Crippen LogP contribution < -0.4 is 5.32 Å². The van der Waals surface area contributed by atoms with Crippen LogP contribution >= 0.6 is 0 Å². The zero-order chi connectivity index (χ0) is 15.0. The fourth-order valence-corrected chi connectivity index (χ4v) is 2.82. The number of aromatic nitrogens is 1. The van der Waals surface area contributed by atoms with E-state index in [1.54, 1.807) is 0 Å². The molecule has 1 atom stereocenters. The topological polar surface area (TPSA) is 38.1 Å². The Balaban J connectivity index is 1.99. The van der Waals surface area contributed by atoms with Crippen LogP contribution in [-0.4, -0.2) is 4.98 Å². The van der Waals surface area contributed by atoms with Gasteiger partial charge in [0.1, 0.15) is 11.5 Å². The molecule has 0 saturated heterocycles. The van der Waals surface area contributed by atoms with Gasteiger partial charge in [-0.1, -0.05) is 18.2 Å². The zero-order valence-electron chi connectivity index (χ0n) is 12.9. The van der Waals surface area contributed by atoms with E-state index in [-0.39, 0.29) is 6.04 Å². The van der Waals surface area contributed by atoms with Gasteiger partial charge in [-0.15, -0.1) is 0 Å². The van der Waals surface area contributed by atoms with Crippen molar-refractivity contribution in [2.24, 2.45) is 0 Å². The van der Waals surface area contributed by atoms with Crippen LogP contribution in [0.15, 0.2) is 40.8 Å². The lowest BCUT2D eigenvalue weighted by molar-refractivity contribution is 0.500. The van der Waals surface area contributed by atoms with Crippen LogP contribution in [-0.2, 0) is 0 Å². The molecule has 108 valence electrons. The number of para-hydroxylation sites is 1. The molecule has 3 heteroatoms. The van der Waals surface area contributed by atoms with Gasteiger partial charge >= 0.3 is 0 Å². The number of nitrogens with one attached hydrogen (secondary N) is 1. The van der Waals surface area contributed by atoms with Crippen LogP contribution in [0.25, 0.3) is 10.9 Å². The molecular weight excluding hydrogens is 260 g/mol. The van der Waals surface area contributed by atoms with Crippen molar-refractivity contribution in [3.05, 3.63) is 59.2 Å². The van der Waals surface area contributed by atoms with Crippen LogP contribution in [0.3, 0.4) is 0 Å². The molecule has 0 aliphatic rings. The maximum atomic E-state index is 5.63. The quantitative estimate of drug-likeness (QED) is 0.739. The molecule has 2 heterocycles.